The predicted molar refractivity (Wildman–Crippen MR) is 115 cm³/mol. The molecule has 0 bridgehead atoms. The molecule has 0 heterocycles. The zero-order valence-corrected chi connectivity index (χ0v) is 20.6. The molecule has 0 saturated heterocycles. The summed E-state index contributed by atoms with van der Waals surface area (Å²) < 4.78 is 29.0. The van der Waals surface area contributed by atoms with Crippen LogP contribution in [0.4, 0.5) is 0 Å². The van der Waals surface area contributed by atoms with Crippen LogP contribution in [0, 0.1) is 0 Å². The molecule has 0 unspecified atom stereocenters. The van der Waals surface area contributed by atoms with Crippen LogP contribution in [0.15, 0.2) is 0 Å². The highest BCUT2D eigenvalue weighted by molar-refractivity contribution is 8.07. The van der Waals surface area contributed by atoms with Gasteiger partial charge >= 0.3 is 17.1 Å². The molecule has 0 radical (unpaired) electrons. The fourth-order valence-corrected chi connectivity index (χ4v) is 9.28. The van der Waals surface area contributed by atoms with Gasteiger partial charge in [0.05, 0.1) is 0 Å². The first-order valence-corrected chi connectivity index (χ1v) is 16.3. The summed E-state index contributed by atoms with van der Waals surface area (Å²) in [5.74, 6) is 1.94. The van der Waals surface area contributed by atoms with E-state index in [-0.39, 0.29) is 0 Å². The lowest BCUT2D eigenvalue weighted by atomic mass is 10.6. The summed E-state index contributed by atoms with van der Waals surface area (Å²) in [4.78, 5) is 0. The fourth-order valence-electron chi connectivity index (χ4n) is 2.60. The lowest BCUT2D eigenvalue weighted by Gasteiger charge is -2.25. The Labute approximate surface area is 166 Å². The quantitative estimate of drug-likeness (QED) is 0.164. The van der Waals surface area contributed by atoms with Crippen LogP contribution in [-0.4, -0.2) is 55.1 Å². The molecule has 25 heavy (non-hydrogen) atoms. The van der Waals surface area contributed by atoms with Crippen LogP contribution in [0.1, 0.15) is 40.5 Å². The topological polar surface area (TPSA) is 46.2 Å². The van der Waals surface area contributed by atoms with Crippen molar-refractivity contribution in [3.63, 3.8) is 0 Å². The van der Waals surface area contributed by atoms with Crippen LogP contribution in [0.3, 0.4) is 0 Å². The summed E-state index contributed by atoms with van der Waals surface area (Å²) in [6.07, 6.45) is 2.13. The molecule has 0 aliphatic rings. The van der Waals surface area contributed by atoms with Crippen molar-refractivity contribution in [2.24, 2.45) is 0 Å². The van der Waals surface area contributed by atoms with Crippen molar-refractivity contribution in [1.82, 2.24) is 0 Å². The van der Waals surface area contributed by atoms with E-state index >= 15 is 0 Å². The molecule has 0 amide bonds. The van der Waals surface area contributed by atoms with Crippen LogP contribution in [-0.2, 0) is 21.3 Å². The van der Waals surface area contributed by atoms with Gasteiger partial charge in [0, 0.05) is 62.0 Å². The van der Waals surface area contributed by atoms with Gasteiger partial charge in [-0.15, -0.1) is 0 Å². The van der Waals surface area contributed by atoms with Crippen molar-refractivity contribution in [3.8, 4) is 0 Å². The molecule has 0 rings (SSSR count). The van der Waals surface area contributed by atoms with Gasteiger partial charge in [-0.2, -0.15) is 0 Å². The Morgan fingerprint density at radius 3 is 1.20 bits per heavy atom. The molecule has 0 spiro atoms. The SMILES string of the molecule is CCO[Si](C)(CCCSOSCCC[Si](C)(OCC)OCC)OCC. The van der Waals surface area contributed by atoms with Gasteiger partial charge in [-0.25, -0.2) is 3.63 Å². The van der Waals surface area contributed by atoms with E-state index in [0.29, 0.717) is 0 Å². The maximum Gasteiger partial charge on any atom is 0.334 e. The first-order chi connectivity index (χ1) is 11.9. The van der Waals surface area contributed by atoms with E-state index < -0.39 is 17.1 Å². The maximum atomic E-state index is 5.84. The third kappa shape index (κ3) is 13.7. The Morgan fingerprint density at radius 1 is 0.600 bits per heavy atom. The highest BCUT2D eigenvalue weighted by Crippen LogP contribution is 2.23. The Kier molecular flexibility index (Phi) is 16.5. The fraction of sp³-hybridized carbons (Fsp3) is 1.00. The summed E-state index contributed by atoms with van der Waals surface area (Å²) >= 11 is 3.06. The van der Waals surface area contributed by atoms with Crippen molar-refractivity contribution in [3.05, 3.63) is 0 Å². The Morgan fingerprint density at radius 2 is 0.920 bits per heavy atom. The van der Waals surface area contributed by atoms with Gasteiger partial charge in [-0.1, -0.05) is 0 Å². The molecular formula is C16H38O5S2Si2. The molecule has 0 aliphatic carbocycles. The lowest BCUT2D eigenvalue weighted by Crippen LogP contribution is -2.38. The van der Waals surface area contributed by atoms with Crippen molar-refractivity contribution in [1.29, 1.82) is 0 Å². The Bertz CT molecular complexity index is 274. The molecule has 0 aromatic heterocycles. The van der Waals surface area contributed by atoms with Crippen molar-refractivity contribution in [2.75, 3.05) is 37.9 Å². The maximum absolute atomic E-state index is 5.84. The van der Waals surface area contributed by atoms with E-state index in [2.05, 4.69) is 13.1 Å². The van der Waals surface area contributed by atoms with E-state index in [1.165, 1.54) is 24.1 Å². The number of hydrogen-bond donors (Lipinski definition) is 0. The van der Waals surface area contributed by atoms with Gasteiger partial charge in [0.1, 0.15) is 0 Å². The van der Waals surface area contributed by atoms with E-state index in [9.17, 15) is 0 Å². The molecule has 0 aliphatic heterocycles. The number of rotatable bonds is 18. The van der Waals surface area contributed by atoms with Gasteiger partial charge in [0.15, 0.2) is 0 Å². The zero-order valence-electron chi connectivity index (χ0n) is 16.9. The second-order valence-corrected chi connectivity index (χ2v) is 14.4. The minimum atomic E-state index is -1.97. The summed E-state index contributed by atoms with van der Waals surface area (Å²) in [6.45, 7) is 15.3. The summed E-state index contributed by atoms with van der Waals surface area (Å²) in [5, 5.41) is 0. The zero-order chi connectivity index (χ0) is 19.0. The molecule has 152 valence electrons. The van der Waals surface area contributed by atoms with Gasteiger partial charge < -0.3 is 17.7 Å². The number of hydrogen-bond acceptors (Lipinski definition) is 7. The van der Waals surface area contributed by atoms with Crippen molar-refractivity contribution in [2.45, 2.75) is 65.7 Å². The van der Waals surface area contributed by atoms with E-state index in [4.69, 9.17) is 21.3 Å². The molecule has 5 nitrogen and oxygen atoms in total. The van der Waals surface area contributed by atoms with Crippen molar-refractivity contribution < 1.29 is 21.3 Å². The molecule has 0 fully saturated rings. The average Bonchev–Trinajstić information content (AvgIpc) is 2.54. The Balaban J connectivity index is 3.69. The third-order valence-electron chi connectivity index (χ3n) is 3.61. The minimum Gasteiger partial charge on any atom is -0.395 e. The molecule has 0 aromatic carbocycles. The van der Waals surface area contributed by atoms with Gasteiger partial charge in [0.2, 0.25) is 0 Å². The molecule has 0 atom stereocenters. The standard InChI is InChI=1S/C16H38O5S2Si2/c1-7-17-24(5,18-8-2)15-11-13-22-21-23-14-12-16-25(6,19-9-3)20-10-4/h7-16H2,1-6H3. The van der Waals surface area contributed by atoms with Gasteiger partial charge in [-0.05, 0) is 65.7 Å². The lowest BCUT2D eigenvalue weighted by molar-refractivity contribution is 0.188. The van der Waals surface area contributed by atoms with Crippen LogP contribution in [0.2, 0.25) is 25.2 Å². The van der Waals surface area contributed by atoms with Crippen LogP contribution < -0.4 is 0 Å². The smallest absolute Gasteiger partial charge is 0.334 e. The Hall–Kier alpha value is 0.934. The first-order valence-electron chi connectivity index (χ1n) is 9.42. The summed E-state index contributed by atoms with van der Waals surface area (Å²) in [6, 6.07) is 2.03. The van der Waals surface area contributed by atoms with Crippen LogP contribution in [0.5, 0.6) is 0 Å². The average molecular weight is 431 g/mol. The normalized spacial score (nSPS) is 12.7. The van der Waals surface area contributed by atoms with E-state index in [0.717, 1.165) is 62.9 Å². The summed E-state index contributed by atoms with van der Waals surface area (Å²) in [7, 11) is -3.93. The highest BCUT2D eigenvalue weighted by Gasteiger charge is 2.30. The first kappa shape index (κ1) is 25.9. The van der Waals surface area contributed by atoms with Gasteiger partial charge in [-0.3, -0.25) is 0 Å². The monoisotopic (exact) mass is 430 g/mol. The van der Waals surface area contributed by atoms with Crippen molar-refractivity contribution >= 4 is 41.2 Å². The van der Waals surface area contributed by atoms with Gasteiger partial charge in [0.25, 0.3) is 0 Å². The molecular weight excluding hydrogens is 392 g/mol. The highest BCUT2D eigenvalue weighted by atomic mass is 32.2. The van der Waals surface area contributed by atoms with E-state index in [1.54, 1.807) is 0 Å². The molecule has 9 heteroatoms. The second kappa shape index (κ2) is 15.9. The predicted octanol–water partition coefficient (Wildman–Crippen LogP) is 5.37. The summed E-state index contributed by atoms with van der Waals surface area (Å²) in [5.41, 5.74) is 0. The van der Waals surface area contributed by atoms with Crippen LogP contribution >= 0.6 is 24.1 Å². The minimum absolute atomic E-state index is 0.730. The molecule has 0 aromatic rings. The second-order valence-electron chi connectivity index (χ2n) is 5.92. The largest absolute Gasteiger partial charge is 0.395 e. The molecule has 0 N–H and O–H groups in total. The molecule has 0 saturated carbocycles. The third-order valence-corrected chi connectivity index (χ3v) is 11.4. The van der Waals surface area contributed by atoms with E-state index in [1.807, 2.05) is 27.7 Å². The van der Waals surface area contributed by atoms with Crippen LogP contribution in [0.25, 0.3) is 0 Å².